The SMILES string of the molecule is CCC[C@@H](NC(=O)CSc1nnc(-c2ccc(OC)cc2)n1C)c1ccccc1. The zero-order valence-electron chi connectivity index (χ0n) is 17.0. The number of aromatic nitrogens is 3. The maximum absolute atomic E-state index is 12.5. The number of hydrogen-bond donors (Lipinski definition) is 1. The van der Waals surface area contributed by atoms with Crippen LogP contribution in [-0.2, 0) is 11.8 Å². The Morgan fingerprint density at radius 3 is 2.52 bits per heavy atom. The van der Waals surface area contributed by atoms with Crippen molar-refractivity contribution in [2.45, 2.75) is 31.0 Å². The topological polar surface area (TPSA) is 69.0 Å². The van der Waals surface area contributed by atoms with Gasteiger partial charge < -0.3 is 14.6 Å². The first kappa shape index (κ1) is 20.9. The van der Waals surface area contributed by atoms with Crippen molar-refractivity contribution in [3.63, 3.8) is 0 Å². The summed E-state index contributed by atoms with van der Waals surface area (Å²) < 4.78 is 7.10. The smallest absolute Gasteiger partial charge is 0.230 e. The fourth-order valence-electron chi connectivity index (χ4n) is 3.09. The average molecular weight is 411 g/mol. The molecule has 2 aromatic carbocycles. The maximum Gasteiger partial charge on any atom is 0.230 e. The Kier molecular flexibility index (Phi) is 7.30. The van der Waals surface area contributed by atoms with Crippen LogP contribution in [0.3, 0.4) is 0 Å². The predicted octanol–water partition coefficient (Wildman–Crippen LogP) is 4.24. The van der Waals surface area contributed by atoms with Gasteiger partial charge in [0.05, 0.1) is 18.9 Å². The van der Waals surface area contributed by atoms with E-state index in [1.54, 1.807) is 7.11 Å². The van der Waals surface area contributed by atoms with Gasteiger partial charge in [-0.05, 0) is 36.2 Å². The lowest BCUT2D eigenvalue weighted by molar-refractivity contribution is -0.119. The van der Waals surface area contributed by atoms with Crippen LogP contribution in [0.15, 0.2) is 59.8 Å². The summed E-state index contributed by atoms with van der Waals surface area (Å²) in [6.07, 6.45) is 1.91. The largest absolute Gasteiger partial charge is 0.497 e. The van der Waals surface area contributed by atoms with Gasteiger partial charge in [0.15, 0.2) is 11.0 Å². The number of carbonyl (C=O) groups excluding carboxylic acids is 1. The molecule has 1 atom stereocenters. The number of benzene rings is 2. The van der Waals surface area contributed by atoms with Gasteiger partial charge in [-0.25, -0.2) is 0 Å². The Morgan fingerprint density at radius 1 is 1.14 bits per heavy atom. The average Bonchev–Trinajstić information content (AvgIpc) is 3.13. The summed E-state index contributed by atoms with van der Waals surface area (Å²) in [7, 11) is 3.55. The summed E-state index contributed by atoms with van der Waals surface area (Å²) in [5.74, 6) is 1.83. The molecule has 1 heterocycles. The van der Waals surface area contributed by atoms with Gasteiger partial charge in [0.25, 0.3) is 0 Å². The Bertz CT molecular complexity index is 926. The number of hydrogen-bond acceptors (Lipinski definition) is 5. The summed E-state index contributed by atoms with van der Waals surface area (Å²) >= 11 is 1.39. The highest BCUT2D eigenvalue weighted by atomic mass is 32.2. The molecule has 0 radical (unpaired) electrons. The lowest BCUT2D eigenvalue weighted by atomic mass is 10.0. The molecule has 0 aliphatic heterocycles. The number of nitrogens with zero attached hydrogens (tertiary/aromatic N) is 3. The van der Waals surface area contributed by atoms with Crippen molar-refractivity contribution in [2.24, 2.45) is 7.05 Å². The third-order valence-corrected chi connectivity index (χ3v) is 5.65. The van der Waals surface area contributed by atoms with Gasteiger partial charge in [0.2, 0.25) is 5.91 Å². The molecule has 0 spiro atoms. The van der Waals surface area contributed by atoms with E-state index < -0.39 is 0 Å². The summed E-state index contributed by atoms with van der Waals surface area (Å²) in [6.45, 7) is 2.12. The number of methoxy groups -OCH3 is 1. The van der Waals surface area contributed by atoms with Crippen LogP contribution in [0.2, 0.25) is 0 Å². The third-order valence-electron chi connectivity index (χ3n) is 4.63. The Morgan fingerprint density at radius 2 is 1.86 bits per heavy atom. The van der Waals surface area contributed by atoms with Crippen molar-refractivity contribution in [1.82, 2.24) is 20.1 Å². The van der Waals surface area contributed by atoms with Crippen molar-refractivity contribution in [1.29, 1.82) is 0 Å². The van der Waals surface area contributed by atoms with Crippen LogP contribution >= 0.6 is 11.8 Å². The van der Waals surface area contributed by atoms with Gasteiger partial charge >= 0.3 is 0 Å². The number of thioether (sulfide) groups is 1. The molecule has 1 amide bonds. The number of amides is 1. The first-order chi connectivity index (χ1) is 14.1. The highest BCUT2D eigenvalue weighted by Crippen LogP contribution is 2.25. The normalized spacial score (nSPS) is 11.8. The van der Waals surface area contributed by atoms with Gasteiger partial charge in [-0.2, -0.15) is 0 Å². The number of ether oxygens (including phenoxy) is 1. The summed E-state index contributed by atoms with van der Waals surface area (Å²) in [5.41, 5.74) is 2.08. The van der Waals surface area contributed by atoms with Crippen molar-refractivity contribution < 1.29 is 9.53 Å². The van der Waals surface area contributed by atoms with Crippen LogP contribution < -0.4 is 10.1 Å². The summed E-state index contributed by atoms with van der Waals surface area (Å²) in [4.78, 5) is 12.5. The maximum atomic E-state index is 12.5. The number of rotatable bonds is 9. The van der Waals surface area contributed by atoms with E-state index in [0.29, 0.717) is 10.9 Å². The quantitative estimate of drug-likeness (QED) is 0.534. The molecular formula is C22H26N4O2S. The second kappa shape index (κ2) is 10.1. The first-order valence-corrected chi connectivity index (χ1v) is 10.6. The number of nitrogens with one attached hydrogen (secondary N) is 1. The Balaban J connectivity index is 1.62. The summed E-state index contributed by atoms with van der Waals surface area (Å²) in [5, 5.41) is 12.4. The zero-order chi connectivity index (χ0) is 20.6. The molecule has 3 rings (SSSR count). The van der Waals surface area contributed by atoms with Gasteiger partial charge in [-0.1, -0.05) is 55.4 Å². The molecule has 29 heavy (non-hydrogen) atoms. The van der Waals surface area contributed by atoms with E-state index in [1.165, 1.54) is 11.8 Å². The van der Waals surface area contributed by atoms with Crippen LogP contribution in [0.4, 0.5) is 0 Å². The van der Waals surface area contributed by atoms with Crippen LogP contribution in [0.25, 0.3) is 11.4 Å². The fraction of sp³-hybridized carbons (Fsp3) is 0.318. The molecular weight excluding hydrogens is 384 g/mol. The van der Waals surface area contributed by atoms with Crippen molar-refractivity contribution >= 4 is 17.7 Å². The lowest BCUT2D eigenvalue weighted by Gasteiger charge is -2.18. The first-order valence-electron chi connectivity index (χ1n) is 9.63. The van der Waals surface area contributed by atoms with Crippen molar-refractivity contribution in [2.75, 3.05) is 12.9 Å². The van der Waals surface area contributed by atoms with Crippen LogP contribution in [0, 0.1) is 0 Å². The highest BCUT2D eigenvalue weighted by molar-refractivity contribution is 7.99. The molecule has 0 aliphatic carbocycles. The van der Waals surface area contributed by atoms with Gasteiger partial charge in [-0.15, -0.1) is 10.2 Å². The summed E-state index contributed by atoms with van der Waals surface area (Å²) in [6, 6.07) is 17.8. The van der Waals surface area contributed by atoms with E-state index in [9.17, 15) is 4.79 Å². The van der Waals surface area contributed by atoms with Gasteiger partial charge in [0, 0.05) is 12.6 Å². The second-order valence-corrected chi connectivity index (χ2v) is 7.64. The molecule has 0 saturated heterocycles. The molecule has 7 heteroatoms. The Labute approximate surface area is 175 Å². The molecule has 6 nitrogen and oxygen atoms in total. The van der Waals surface area contributed by atoms with Crippen LogP contribution in [0.1, 0.15) is 31.4 Å². The van der Waals surface area contributed by atoms with E-state index in [0.717, 1.165) is 35.5 Å². The Hall–Kier alpha value is -2.80. The molecule has 0 bridgehead atoms. The minimum atomic E-state index is -0.00806. The highest BCUT2D eigenvalue weighted by Gasteiger charge is 2.16. The van der Waals surface area contributed by atoms with E-state index >= 15 is 0 Å². The molecule has 1 N–H and O–H groups in total. The van der Waals surface area contributed by atoms with Gasteiger partial charge in [0.1, 0.15) is 5.75 Å². The predicted molar refractivity (Wildman–Crippen MR) is 116 cm³/mol. The van der Waals surface area contributed by atoms with Crippen molar-refractivity contribution in [3.8, 4) is 17.1 Å². The van der Waals surface area contributed by atoms with E-state index in [-0.39, 0.29) is 11.9 Å². The third kappa shape index (κ3) is 5.38. The molecule has 152 valence electrons. The fourth-order valence-corrected chi connectivity index (χ4v) is 3.82. The standard InChI is InChI=1S/C22H26N4O2S/c1-4-8-19(16-9-6-5-7-10-16)23-20(27)15-29-22-25-24-21(26(22)2)17-11-13-18(28-3)14-12-17/h5-7,9-14,19H,4,8,15H2,1-3H3,(H,23,27)/t19-/m1/s1. The van der Waals surface area contributed by atoms with E-state index in [2.05, 4.69) is 34.6 Å². The van der Waals surface area contributed by atoms with Crippen LogP contribution in [0.5, 0.6) is 5.75 Å². The van der Waals surface area contributed by atoms with Crippen LogP contribution in [-0.4, -0.2) is 33.5 Å². The molecule has 3 aromatic rings. The lowest BCUT2D eigenvalue weighted by Crippen LogP contribution is -2.30. The molecule has 1 aromatic heterocycles. The molecule has 0 saturated carbocycles. The van der Waals surface area contributed by atoms with Gasteiger partial charge in [-0.3, -0.25) is 4.79 Å². The van der Waals surface area contributed by atoms with E-state index in [1.807, 2.05) is 54.1 Å². The molecule has 0 unspecified atom stereocenters. The van der Waals surface area contributed by atoms with E-state index in [4.69, 9.17) is 4.74 Å². The zero-order valence-corrected chi connectivity index (χ0v) is 17.8. The minimum absolute atomic E-state index is 0.00806. The minimum Gasteiger partial charge on any atom is -0.497 e. The monoisotopic (exact) mass is 410 g/mol. The molecule has 0 aliphatic rings. The van der Waals surface area contributed by atoms with Crippen molar-refractivity contribution in [3.05, 3.63) is 60.2 Å². The number of carbonyl (C=O) groups is 1. The second-order valence-electron chi connectivity index (χ2n) is 6.70. The molecule has 0 fully saturated rings.